The minimum atomic E-state index is 0.0735. The predicted octanol–water partition coefficient (Wildman–Crippen LogP) is 2.76. The Balaban J connectivity index is 2.26. The first-order chi connectivity index (χ1) is 9.01. The topological polar surface area (TPSA) is 61.8 Å². The Hall–Kier alpha value is -1.07. The monoisotopic (exact) mass is 299 g/mol. The van der Waals surface area contributed by atoms with Gasteiger partial charge in [-0.1, -0.05) is 30.6 Å². The minimum absolute atomic E-state index is 0.0735. The lowest BCUT2D eigenvalue weighted by Gasteiger charge is -2.36. The molecule has 0 aliphatic carbocycles. The number of oxime groups is 1. The third kappa shape index (κ3) is 3.28. The van der Waals surface area contributed by atoms with Gasteiger partial charge in [-0.15, -0.1) is 0 Å². The number of benzene rings is 1. The molecule has 0 saturated carbocycles. The van der Waals surface area contributed by atoms with Crippen molar-refractivity contribution < 1.29 is 5.21 Å². The number of nitrogens with two attached hydrogens (primary N) is 1. The third-order valence-electron chi connectivity index (χ3n) is 3.11. The average molecular weight is 300 g/mol. The molecule has 1 fully saturated rings. The lowest BCUT2D eigenvalue weighted by Crippen LogP contribution is -2.40. The van der Waals surface area contributed by atoms with Crippen LogP contribution in [-0.2, 0) is 0 Å². The van der Waals surface area contributed by atoms with Crippen molar-refractivity contribution in [3.05, 3.63) is 28.8 Å². The first-order valence-corrected chi connectivity index (χ1v) is 7.51. The van der Waals surface area contributed by atoms with E-state index in [1.807, 2.05) is 23.9 Å². The highest BCUT2D eigenvalue weighted by atomic mass is 35.5. The molecule has 2 unspecified atom stereocenters. The molecule has 4 nitrogen and oxygen atoms in total. The third-order valence-corrected chi connectivity index (χ3v) is 4.64. The zero-order valence-electron chi connectivity index (χ0n) is 11.0. The summed E-state index contributed by atoms with van der Waals surface area (Å²) in [5.41, 5.74) is 7.20. The predicted molar refractivity (Wildman–Crippen MR) is 82.7 cm³/mol. The second-order valence-corrected chi connectivity index (χ2v) is 7.10. The molecule has 1 aliphatic rings. The SMILES string of the molecule is CC1CN(c2ccc(C(N)=NO)cc2Cl)CC(C)S1. The molecule has 2 rings (SSSR count). The highest BCUT2D eigenvalue weighted by molar-refractivity contribution is 8.00. The van der Waals surface area contributed by atoms with Crippen molar-refractivity contribution >= 4 is 34.9 Å². The highest BCUT2D eigenvalue weighted by Gasteiger charge is 2.23. The van der Waals surface area contributed by atoms with E-state index in [0.29, 0.717) is 21.1 Å². The van der Waals surface area contributed by atoms with Crippen LogP contribution in [0.4, 0.5) is 5.69 Å². The number of nitrogens with zero attached hydrogens (tertiary/aromatic N) is 2. The summed E-state index contributed by atoms with van der Waals surface area (Å²) in [6.07, 6.45) is 0. The van der Waals surface area contributed by atoms with Crippen LogP contribution in [-0.4, -0.2) is 34.6 Å². The number of anilines is 1. The molecule has 1 heterocycles. The number of thioether (sulfide) groups is 1. The first kappa shape index (κ1) is 14.3. The van der Waals surface area contributed by atoms with Crippen molar-refractivity contribution in [3.63, 3.8) is 0 Å². The van der Waals surface area contributed by atoms with Gasteiger partial charge in [-0.25, -0.2) is 0 Å². The number of hydrogen-bond donors (Lipinski definition) is 2. The normalized spacial score (nSPS) is 24.6. The maximum atomic E-state index is 8.67. The second-order valence-electron chi connectivity index (χ2n) is 4.81. The fraction of sp³-hybridized carbons (Fsp3) is 0.462. The largest absolute Gasteiger partial charge is 0.409 e. The van der Waals surface area contributed by atoms with Gasteiger partial charge in [0.1, 0.15) is 0 Å². The summed E-state index contributed by atoms with van der Waals surface area (Å²) in [6.45, 7) is 6.42. The summed E-state index contributed by atoms with van der Waals surface area (Å²) in [6, 6.07) is 5.50. The molecule has 0 amide bonds. The van der Waals surface area contributed by atoms with Gasteiger partial charge in [-0.2, -0.15) is 11.8 Å². The van der Waals surface area contributed by atoms with Crippen LogP contribution in [0.5, 0.6) is 0 Å². The fourth-order valence-corrected chi connectivity index (χ4v) is 3.98. The van der Waals surface area contributed by atoms with Crippen LogP contribution < -0.4 is 10.6 Å². The fourth-order valence-electron chi connectivity index (χ4n) is 2.36. The Morgan fingerprint density at radius 1 is 1.42 bits per heavy atom. The summed E-state index contributed by atoms with van der Waals surface area (Å²) in [4.78, 5) is 2.30. The number of rotatable bonds is 2. The van der Waals surface area contributed by atoms with Crippen molar-refractivity contribution in [1.82, 2.24) is 0 Å². The summed E-state index contributed by atoms with van der Waals surface area (Å²) >= 11 is 8.32. The molecule has 6 heteroatoms. The second kappa shape index (κ2) is 5.92. The summed E-state index contributed by atoms with van der Waals surface area (Å²) in [5, 5.41) is 13.5. The molecular formula is C13H18ClN3OS. The molecule has 0 radical (unpaired) electrons. The standard InChI is InChI=1S/C13H18ClN3OS/c1-8-6-17(7-9(2)19-8)12-4-3-10(5-11(12)14)13(15)16-18/h3-5,8-9,18H,6-7H2,1-2H3,(H2,15,16). The van der Waals surface area contributed by atoms with E-state index >= 15 is 0 Å². The van der Waals surface area contributed by atoms with Gasteiger partial charge in [0.25, 0.3) is 0 Å². The van der Waals surface area contributed by atoms with Crippen LogP contribution in [0.25, 0.3) is 0 Å². The molecule has 1 aromatic rings. The van der Waals surface area contributed by atoms with Gasteiger partial charge in [-0.3, -0.25) is 0 Å². The van der Waals surface area contributed by atoms with Gasteiger partial charge in [0.2, 0.25) is 0 Å². The van der Waals surface area contributed by atoms with E-state index in [9.17, 15) is 0 Å². The van der Waals surface area contributed by atoms with Crippen molar-refractivity contribution in [2.75, 3.05) is 18.0 Å². The Morgan fingerprint density at radius 3 is 2.58 bits per heavy atom. The van der Waals surface area contributed by atoms with Gasteiger partial charge in [-0.05, 0) is 18.2 Å². The lowest BCUT2D eigenvalue weighted by atomic mass is 10.1. The van der Waals surface area contributed by atoms with E-state index in [2.05, 4.69) is 23.9 Å². The number of hydrogen-bond acceptors (Lipinski definition) is 4. The molecule has 104 valence electrons. The van der Waals surface area contributed by atoms with Crippen LogP contribution in [0.3, 0.4) is 0 Å². The van der Waals surface area contributed by atoms with Crippen molar-refractivity contribution in [3.8, 4) is 0 Å². The molecule has 0 bridgehead atoms. The minimum Gasteiger partial charge on any atom is -0.409 e. The molecule has 3 N–H and O–H groups in total. The summed E-state index contributed by atoms with van der Waals surface area (Å²) < 4.78 is 0. The zero-order valence-corrected chi connectivity index (χ0v) is 12.6. The Morgan fingerprint density at radius 2 is 2.05 bits per heavy atom. The first-order valence-electron chi connectivity index (χ1n) is 6.19. The highest BCUT2D eigenvalue weighted by Crippen LogP contribution is 2.33. The molecule has 0 spiro atoms. The average Bonchev–Trinajstić information content (AvgIpc) is 2.36. The van der Waals surface area contributed by atoms with E-state index in [1.54, 1.807) is 6.07 Å². The molecule has 1 aromatic carbocycles. The maximum Gasteiger partial charge on any atom is 0.170 e. The zero-order chi connectivity index (χ0) is 14.0. The van der Waals surface area contributed by atoms with Gasteiger partial charge in [0.05, 0.1) is 10.7 Å². The van der Waals surface area contributed by atoms with Crippen LogP contribution >= 0.6 is 23.4 Å². The van der Waals surface area contributed by atoms with E-state index in [4.69, 9.17) is 22.5 Å². The molecule has 1 aliphatic heterocycles. The van der Waals surface area contributed by atoms with Gasteiger partial charge in [0, 0.05) is 29.2 Å². The van der Waals surface area contributed by atoms with Crippen LogP contribution in [0.2, 0.25) is 5.02 Å². The molecule has 0 aromatic heterocycles. The summed E-state index contributed by atoms with van der Waals surface area (Å²) in [7, 11) is 0. The van der Waals surface area contributed by atoms with Crippen molar-refractivity contribution in [1.29, 1.82) is 0 Å². The smallest absolute Gasteiger partial charge is 0.170 e. The van der Waals surface area contributed by atoms with E-state index in [0.717, 1.165) is 18.8 Å². The number of amidine groups is 1. The summed E-state index contributed by atoms with van der Waals surface area (Å²) in [5.74, 6) is 0.0735. The van der Waals surface area contributed by atoms with Crippen LogP contribution in [0.1, 0.15) is 19.4 Å². The van der Waals surface area contributed by atoms with Gasteiger partial charge in [0.15, 0.2) is 5.84 Å². The Bertz CT molecular complexity index is 485. The maximum absolute atomic E-state index is 8.67. The molecule has 2 atom stereocenters. The van der Waals surface area contributed by atoms with E-state index < -0.39 is 0 Å². The Kier molecular flexibility index (Phi) is 4.47. The van der Waals surface area contributed by atoms with Crippen molar-refractivity contribution in [2.45, 2.75) is 24.3 Å². The molecule has 1 saturated heterocycles. The molecule has 19 heavy (non-hydrogen) atoms. The van der Waals surface area contributed by atoms with Gasteiger partial charge >= 0.3 is 0 Å². The number of halogens is 1. The molecular weight excluding hydrogens is 282 g/mol. The van der Waals surface area contributed by atoms with Crippen molar-refractivity contribution in [2.24, 2.45) is 10.9 Å². The van der Waals surface area contributed by atoms with E-state index in [-0.39, 0.29) is 5.84 Å². The van der Waals surface area contributed by atoms with E-state index in [1.165, 1.54) is 0 Å². The lowest BCUT2D eigenvalue weighted by molar-refractivity contribution is 0.318. The van der Waals surface area contributed by atoms with Crippen LogP contribution in [0, 0.1) is 0 Å². The quantitative estimate of drug-likeness (QED) is 0.381. The van der Waals surface area contributed by atoms with Gasteiger partial charge < -0.3 is 15.8 Å². The van der Waals surface area contributed by atoms with Crippen LogP contribution in [0.15, 0.2) is 23.4 Å². The Labute approximate surface area is 122 Å².